The Hall–Kier alpha value is -6.90. The number of rotatable bonds is 6. The van der Waals surface area contributed by atoms with E-state index in [1.807, 2.05) is 12.1 Å². The van der Waals surface area contributed by atoms with E-state index in [2.05, 4.69) is 193 Å². The molecule has 0 fully saturated rings. The first-order valence-electron chi connectivity index (χ1n) is 17.7. The monoisotopic (exact) mass is 663 g/mol. The molecule has 0 N–H and O–H groups in total. The zero-order chi connectivity index (χ0) is 34.4. The molecule has 9 aromatic carbocycles. The predicted octanol–water partition coefficient (Wildman–Crippen LogP) is 14.4. The van der Waals surface area contributed by atoms with Crippen LogP contribution < -0.4 is 4.90 Å². The van der Waals surface area contributed by atoms with Crippen molar-refractivity contribution < 1.29 is 4.42 Å². The Bertz CT molecular complexity index is 2890. The average molecular weight is 664 g/mol. The second-order valence-corrected chi connectivity index (χ2v) is 13.4. The molecule has 1 aromatic heterocycles. The molecule has 0 aliphatic heterocycles. The molecular weight excluding hydrogens is 631 g/mol. The zero-order valence-electron chi connectivity index (χ0n) is 28.4. The van der Waals surface area contributed by atoms with Gasteiger partial charge in [0.1, 0.15) is 11.2 Å². The van der Waals surface area contributed by atoms with Gasteiger partial charge in [-0.15, -0.1) is 0 Å². The van der Waals surface area contributed by atoms with Crippen LogP contribution in [0.3, 0.4) is 0 Å². The molecular formula is C50H33NO. The Morgan fingerprint density at radius 1 is 0.269 bits per heavy atom. The van der Waals surface area contributed by atoms with Crippen LogP contribution >= 0.6 is 0 Å². The molecule has 52 heavy (non-hydrogen) atoms. The van der Waals surface area contributed by atoms with Crippen LogP contribution in [0, 0.1) is 0 Å². The second kappa shape index (κ2) is 12.5. The molecule has 0 aliphatic rings. The SMILES string of the molecule is c1ccc(-c2ccc(N(c3ccc(-c4ccc5cc(-c6ccc7ccccc7c6)ccc5c4)cc3)c3ccc4oc5ccccc5c4c3)cc2)cc1. The summed E-state index contributed by atoms with van der Waals surface area (Å²) in [6.45, 7) is 0. The molecule has 2 nitrogen and oxygen atoms in total. The van der Waals surface area contributed by atoms with Gasteiger partial charge in [-0.25, -0.2) is 0 Å². The van der Waals surface area contributed by atoms with E-state index in [0.29, 0.717) is 0 Å². The first-order valence-corrected chi connectivity index (χ1v) is 17.7. The van der Waals surface area contributed by atoms with Crippen molar-refractivity contribution in [2.45, 2.75) is 0 Å². The maximum absolute atomic E-state index is 6.18. The molecule has 0 saturated heterocycles. The average Bonchev–Trinajstić information content (AvgIpc) is 3.59. The fraction of sp³-hybridized carbons (Fsp3) is 0. The quantitative estimate of drug-likeness (QED) is 0.176. The molecule has 0 bridgehead atoms. The van der Waals surface area contributed by atoms with Crippen LogP contribution in [0.4, 0.5) is 17.1 Å². The van der Waals surface area contributed by atoms with Crippen LogP contribution in [-0.2, 0) is 0 Å². The third-order valence-corrected chi connectivity index (χ3v) is 10.2. The smallest absolute Gasteiger partial charge is 0.135 e. The molecule has 0 atom stereocenters. The van der Waals surface area contributed by atoms with Crippen molar-refractivity contribution in [2.75, 3.05) is 4.90 Å². The van der Waals surface area contributed by atoms with Gasteiger partial charge in [0.15, 0.2) is 0 Å². The summed E-state index contributed by atoms with van der Waals surface area (Å²) in [5.41, 5.74) is 12.3. The van der Waals surface area contributed by atoms with E-state index >= 15 is 0 Å². The summed E-state index contributed by atoms with van der Waals surface area (Å²) in [5.74, 6) is 0. The van der Waals surface area contributed by atoms with Gasteiger partial charge in [-0.2, -0.15) is 0 Å². The van der Waals surface area contributed by atoms with Gasteiger partial charge in [0.05, 0.1) is 0 Å². The van der Waals surface area contributed by atoms with E-state index in [4.69, 9.17) is 4.42 Å². The number of anilines is 3. The Morgan fingerprint density at radius 3 is 1.38 bits per heavy atom. The highest BCUT2D eigenvalue weighted by atomic mass is 16.3. The van der Waals surface area contributed by atoms with Gasteiger partial charge >= 0.3 is 0 Å². The van der Waals surface area contributed by atoms with Crippen molar-refractivity contribution in [3.63, 3.8) is 0 Å². The largest absolute Gasteiger partial charge is 0.456 e. The van der Waals surface area contributed by atoms with Crippen LogP contribution in [0.1, 0.15) is 0 Å². The van der Waals surface area contributed by atoms with E-state index < -0.39 is 0 Å². The number of para-hydroxylation sites is 1. The van der Waals surface area contributed by atoms with E-state index in [9.17, 15) is 0 Å². The lowest BCUT2D eigenvalue weighted by molar-refractivity contribution is 0.669. The molecule has 0 aliphatic carbocycles. The number of nitrogens with zero attached hydrogens (tertiary/aromatic N) is 1. The topological polar surface area (TPSA) is 16.4 Å². The Labute approximate surface area is 302 Å². The van der Waals surface area contributed by atoms with E-state index in [-0.39, 0.29) is 0 Å². The minimum absolute atomic E-state index is 0.889. The molecule has 10 rings (SSSR count). The van der Waals surface area contributed by atoms with Crippen molar-refractivity contribution in [2.24, 2.45) is 0 Å². The van der Waals surface area contributed by atoms with Crippen molar-refractivity contribution in [3.8, 4) is 33.4 Å². The standard InChI is InChI=1S/C50H33NO/c1-2-8-34(9-3-1)36-20-24-44(25-21-36)51(46-28-29-50-48(33-46)47-12-6-7-13-49(47)52-50)45-26-22-37(23-27-45)39-16-17-42-32-43(19-18-41(42)31-39)40-15-14-35-10-4-5-11-38(35)30-40/h1-33H. The van der Waals surface area contributed by atoms with Crippen LogP contribution in [0.2, 0.25) is 0 Å². The third kappa shape index (κ3) is 5.39. The van der Waals surface area contributed by atoms with Crippen LogP contribution in [-0.4, -0.2) is 0 Å². The highest BCUT2D eigenvalue weighted by Gasteiger charge is 2.16. The summed E-state index contributed by atoms with van der Waals surface area (Å²) in [5, 5.41) is 7.21. The summed E-state index contributed by atoms with van der Waals surface area (Å²) in [7, 11) is 0. The lowest BCUT2D eigenvalue weighted by Gasteiger charge is -2.26. The first-order chi connectivity index (χ1) is 25.7. The number of hydrogen-bond donors (Lipinski definition) is 0. The van der Waals surface area contributed by atoms with Crippen molar-refractivity contribution in [3.05, 3.63) is 200 Å². The van der Waals surface area contributed by atoms with Gasteiger partial charge in [0.2, 0.25) is 0 Å². The normalized spacial score (nSPS) is 11.5. The van der Waals surface area contributed by atoms with Gasteiger partial charge in [-0.3, -0.25) is 0 Å². The van der Waals surface area contributed by atoms with Gasteiger partial charge in [0.25, 0.3) is 0 Å². The minimum atomic E-state index is 0.889. The summed E-state index contributed by atoms with van der Waals surface area (Å²) in [6.07, 6.45) is 0. The van der Waals surface area contributed by atoms with Crippen molar-refractivity contribution in [1.29, 1.82) is 0 Å². The van der Waals surface area contributed by atoms with Gasteiger partial charge in [-0.1, -0.05) is 133 Å². The summed E-state index contributed by atoms with van der Waals surface area (Å²) >= 11 is 0. The number of furan rings is 1. The van der Waals surface area contributed by atoms with Crippen molar-refractivity contribution >= 4 is 60.5 Å². The molecule has 0 saturated carbocycles. The highest BCUT2D eigenvalue weighted by molar-refractivity contribution is 6.06. The Balaban J connectivity index is 1.01. The molecule has 1 heterocycles. The van der Waals surface area contributed by atoms with Crippen LogP contribution in [0.5, 0.6) is 0 Å². The number of benzene rings is 9. The minimum Gasteiger partial charge on any atom is -0.456 e. The summed E-state index contributed by atoms with van der Waals surface area (Å²) in [4.78, 5) is 2.33. The molecule has 2 heteroatoms. The van der Waals surface area contributed by atoms with E-state index in [1.165, 1.54) is 54.9 Å². The molecule has 244 valence electrons. The lowest BCUT2D eigenvalue weighted by Crippen LogP contribution is -2.09. The first kappa shape index (κ1) is 30.0. The second-order valence-electron chi connectivity index (χ2n) is 13.4. The van der Waals surface area contributed by atoms with Gasteiger partial charge in [0, 0.05) is 27.8 Å². The van der Waals surface area contributed by atoms with Crippen molar-refractivity contribution in [1.82, 2.24) is 0 Å². The van der Waals surface area contributed by atoms with E-state index in [1.54, 1.807) is 0 Å². The predicted molar refractivity (Wildman–Crippen MR) is 220 cm³/mol. The molecule has 0 amide bonds. The summed E-state index contributed by atoms with van der Waals surface area (Å²) < 4.78 is 6.18. The highest BCUT2D eigenvalue weighted by Crippen LogP contribution is 2.40. The number of hydrogen-bond acceptors (Lipinski definition) is 2. The fourth-order valence-electron chi connectivity index (χ4n) is 7.51. The van der Waals surface area contributed by atoms with Crippen LogP contribution in [0.15, 0.2) is 205 Å². The van der Waals surface area contributed by atoms with E-state index in [0.717, 1.165) is 39.0 Å². The molecule has 0 unspecified atom stereocenters. The molecule has 0 radical (unpaired) electrons. The maximum atomic E-state index is 6.18. The lowest BCUT2D eigenvalue weighted by atomic mass is 9.96. The number of fused-ring (bicyclic) bond motifs is 5. The zero-order valence-corrected chi connectivity index (χ0v) is 28.4. The van der Waals surface area contributed by atoms with Gasteiger partial charge < -0.3 is 9.32 Å². The Kier molecular flexibility index (Phi) is 7.18. The summed E-state index contributed by atoms with van der Waals surface area (Å²) in [6, 6.07) is 71.8. The van der Waals surface area contributed by atoms with Crippen LogP contribution in [0.25, 0.3) is 76.9 Å². The molecule has 0 spiro atoms. The fourth-order valence-corrected chi connectivity index (χ4v) is 7.51. The third-order valence-electron chi connectivity index (χ3n) is 10.2. The van der Waals surface area contributed by atoms with Gasteiger partial charge in [-0.05, 0) is 122 Å². The Morgan fingerprint density at radius 2 is 0.712 bits per heavy atom. The maximum Gasteiger partial charge on any atom is 0.135 e. The molecule has 10 aromatic rings.